The first-order valence-corrected chi connectivity index (χ1v) is 10.4. The van der Waals surface area contributed by atoms with Crippen molar-refractivity contribution in [2.45, 2.75) is 13.0 Å². The second-order valence-electron chi connectivity index (χ2n) is 6.95. The van der Waals surface area contributed by atoms with Crippen LogP contribution in [0.15, 0.2) is 60.0 Å². The third kappa shape index (κ3) is 5.89. The molecule has 0 bridgehead atoms. The van der Waals surface area contributed by atoms with Crippen molar-refractivity contribution in [2.24, 2.45) is 0 Å². The van der Waals surface area contributed by atoms with Crippen LogP contribution >= 0.6 is 22.9 Å². The molecule has 28 heavy (non-hydrogen) atoms. The molecule has 0 atom stereocenters. The van der Waals surface area contributed by atoms with E-state index in [4.69, 9.17) is 11.6 Å². The Balaban J connectivity index is 1.73. The Morgan fingerprint density at radius 1 is 1.00 bits per heavy atom. The SMILES string of the molecule is CN(C)CCN(Cc1ccc(Cl)cc1)C(=O)c1csc(Cc2ccccc2)n1. The summed E-state index contributed by atoms with van der Waals surface area (Å²) in [4.78, 5) is 21.6. The van der Waals surface area contributed by atoms with E-state index in [1.54, 1.807) is 0 Å². The van der Waals surface area contributed by atoms with Gasteiger partial charge in [-0.25, -0.2) is 4.98 Å². The van der Waals surface area contributed by atoms with Gasteiger partial charge in [0.1, 0.15) is 5.69 Å². The van der Waals surface area contributed by atoms with Gasteiger partial charge in [0, 0.05) is 36.5 Å². The minimum absolute atomic E-state index is 0.0349. The van der Waals surface area contributed by atoms with E-state index in [2.05, 4.69) is 22.0 Å². The maximum Gasteiger partial charge on any atom is 0.273 e. The van der Waals surface area contributed by atoms with Crippen LogP contribution in [0.1, 0.15) is 26.6 Å². The Morgan fingerprint density at radius 2 is 1.71 bits per heavy atom. The molecule has 0 unspecified atom stereocenters. The van der Waals surface area contributed by atoms with Crippen LogP contribution in [0.2, 0.25) is 5.02 Å². The van der Waals surface area contributed by atoms with Gasteiger partial charge in [0.05, 0.1) is 5.01 Å². The predicted octanol–water partition coefficient (Wildman–Crippen LogP) is 4.59. The molecule has 0 saturated heterocycles. The highest BCUT2D eigenvalue weighted by atomic mass is 35.5. The van der Waals surface area contributed by atoms with E-state index >= 15 is 0 Å². The summed E-state index contributed by atoms with van der Waals surface area (Å²) in [5, 5.41) is 3.51. The molecule has 146 valence electrons. The lowest BCUT2D eigenvalue weighted by Gasteiger charge is -2.24. The molecule has 0 radical (unpaired) electrons. The molecule has 1 aromatic heterocycles. The van der Waals surface area contributed by atoms with Gasteiger partial charge < -0.3 is 9.80 Å². The zero-order valence-corrected chi connectivity index (χ0v) is 17.7. The van der Waals surface area contributed by atoms with Gasteiger partial charge in [-0.1, -0.05) is 54.1 Å². The number of aromatic nitrogens is 1. The first-order valence-electron chi connectivity index (χ1n) is 9.18. The van der Waals surface area contributed by atoms with Gasteiger partial charge in [-0.05, 0) is 37.4 Å². The maximum absolute atomic E-state index is 13.1. The quantitative estimate of drug-likeness (QED) is 0.541. The molecule has 2 aromatic carbocycles. The van der Waals surface area contributed by atoms with Crippen LogP contribution in [0, 0.1) is 0 Å². The molecular formula is C22H24ClN3OS. The average Bonchev–Trinajstić information content (AvgIpc) is 3.15. The first kappa shape index (κ1) is 20.5. The summed E-state index contributed by atoms with van der Waals surface area (Å²) < 4.78 is 0. The number of hydrogen-bond acceptors (Lipinski definition) is 4. The second-order valence-corrected chi connectivity index (χ2v) is 8.32. The van der Waals surface area contributed by atoms with Crippen molar-refractivity contribution < 1.29 is 4.79 Å². The molecule has 1 amide bonds. The second kappa shape index (κ2) is 9.82. The van der Waals surface area contributed by atoms with Crippen molar-refractivity contribution in [3.8, 4) is 0 Å². The lowest BCUT2D eigenvalue weighted by Crippen LogP contribution is -2.36. The van der Waals surface area contributed by atoms with Crippen LogP contribution in [0.25, 0.3) is 0 Å². The first-order chi connectivity index (χ1) is 13.5. The molecule has 0 aliphatic carbocycles. The van der Waals surface area contributed by atoms with E-state index in [1.807, 2.05) is 66.8 Å². The predicted molar refractivity (Wildman–Crippen MR) is 116 cm³/mol. The summed E-state index contributed by atoms with van der Waals surface area (Å²) in [5.41, 5.74) is 2.77. The zero-order chi connectivity index (χ0) is 19.9. The van der Waals surface area contributed by atoms with Crippen molar-refractivity contribution in [1.82, 2.24) is 14.8 Å². The molecule has 0 N–H and O–H groups in total. The number of nitrogens with zero attached hydrogens (tertiary/aromatic N) is 3. The van der Waals surface area contributed by atoms with E-state index in [1.165, 1.54) is 16.9 Å². The Morgan fingerprint density at radius 3 is 2.39 bits per heavy atom. The summed E-state index contributed by atoms with van der Waals surface area (Å²) in [6.07, 6.45) is 0.744. The number of rotatable bonds is 8. The Kier molecular flexibility index (Phi) is 7.20. The molecule has 0 aliphatic rings. The van der Waals surface area contributed by atoms with Crippen LogP contribution in [-0.4, -0.2) is 47.9 Å². The number of hydrogen-bond donors (Lipinski definition) is 0. The van der Waals surface area contributed by atoms with Crippen LogP contribution in [-0.2, 0) is 13.0 Å². The van der Waals surface area contributed by atoms with Crippen molar-refractivity contribution in [2.75, 3.05) is 27.2 Å². The topological polar surface area (TPSA) is 36.4 Å². The van der Waals surface area contributed by atoms with Crippen LogP contribution in [0.4, 0.5) is 0 Å². The lowest BCUT2D eigenvalue weighted by molar-refractivity contribution is 0.0726. The minimum Gasteiger partial charge on any atom is -0.332 e. The molecular weight excluding hydrogens is 390 g/mol. The fourth-order valence-corrected chi connectivity index (χ4v) is 3.73. The maximum atomic E-state index is 13.1. The van der Waals surface area contributed by atoms with Gasteiger partial charge in [0.25, 0.3) is 5.91 Å². The normalized spacial score (nSPS) is 11.0. The lowest BCUT2D eigenvalue weighted by atomic mass is 10.2. The molecule has 0 aliphatic heterocycles. The fourth-order valence-electron chi connectivity index (χ4n) is 2.81. The van der Waals surface area contributed by atoms with E-state index in [9.17, 15) is 4.79 Å². The molecule has 1 heterocycles. The Hall–Kier alpha value is -2.21. The molecule has 4 nitrogen and oxygen atoms in total. The summed E-state index contributed by atoms with van der Waals surface area (Å²) in [7, 11) is 4.01. The molecule has 3 aromatic rings. The van der Waals surface area contributed by atoms with Crippen molar-refractivity contribution in [3.05, 3.63) is 86.8 Å². The number of likely N-dealkylation sites (N-methyl/N-ethyl adjacent to an activating group) is 1. The molecule has 0 saturated carbocycles. The van der Waals surface area contributed by atoms with E-state index in [-0.39, 0.29) is 5.91 Å². The molecule has 0 spiro atoms. The number of carbonyl (C=O) groups excluding carboxylic acids is 1. The standard InChI is InChI=1S/C22H24ClN3OS/c1-25(2)12-13-26(15-18-8-10-19(23)11-9-18)22(27)20-16-28-21(24-20)14-17-6-4-3-5-7-17/h3-11,16H,12-15H2,1-2H3. The number of thiazole rings is 1. The summed E-state index contributed by atoms with van der Waals surface area (Å²) in [6.45, 7) is 1.97. The van der Waals surface area contributed by atoms with Crippen molar-refractivity contribution in [1.29, 1.82) is 0 Å². The van der Waals surface area contributed by atoms with Crippen molar-refractivity contribution >= 4 is 28.8 Å². The number of benzene rings is 2. The average molecular weight is 414 g/mol. The van der Waals surface area contributed by atoms with Gasteiger partial charge in [-0.2, -0.15) is 0 Å². The van der Waals surface area contributed by atoms with E-state index in [0.29, 0.717) is 23.8 Å². The Labute approximate surface area is 175 Å². The smallest absolute Gasteiger partial charge is 0.273 e. The monoisotopic (exact) mass is 413 g/mol. The minimum atomic E-state index is -0.0349. The van der Waals surface area contributed by atoms with E-state index < -0.39 is 0 Å². The number of amides is 1. The van der Waals surface area contributed by atoms with Crippen LogP contribution in [0.3, 0.4) is 0 Å². The molecule has 3 rings (SSSR count). The molecule has 6 heteroatoms. The third-order valence-electron chi connectivity index (χ3n) is 4.36. The zero-order valence-electron chi connectivity index (χ0n) is 16.1. The fraction of sp³-hybridized carbons (Fsp3) is 0.273. The van der Waals surface area contributed by atoms with Crippen LogP contribution in [0.5, 0.6) is 0 Å². The highest BCUT2D eigenvalue weighted by Gasteiger charge is 2.19. The summed E-state index contributed by atoms with van der Waals surface area (Å²) in [6, 6.07) is 17.8. The van der Waals surface area contributed by atoms with Gasteiger partial charge >= 0.3 is 0 Å². The van der Waals surface area contributed by atoms with Crippen molar-refractivity contribution in [3.63, 3.8) is 0 Å². The number of halogens is 1. The highest BCUT2D eigenvalue weighted by molar-refractivity contribution is 7.09. The third-order valence-corrected chi connectivity index (χ3v) is 5.46. The van der Waals surface area contributed by atoms with Gasteiger partial charge in [0.15, 0.2) is 0 Å². The van der Waals surface area contributed by atoms with E-state index in [0.717, 1.165) is 23.5 Å². The van der Waals surface area contributed by atoms with Gasteiger partial charge in [-0.3, -0.25) is 4.79 Å². The highest BCUT2D eigenvalue weighted by Crippen LogP contribution is 2.18. The number of carbonyl (C=O) groups is 1. The summed E-state index contributed by atoms with van der Waals surface area (Å²) in [5.74, 6) is -0.0349. The summed E-state index contributed by atoms with van der Waals surface area (Å²) >= 11 is 7.52. The Bertz CT molecular complexity index is 894. The largest absolute Gasteiger partial charge is 0.332 e. The molecule has 0 fully saturated rings. The van der Waals surface area contributed by atoms with Gasteiger partial charge in [0.2, 0.25) is 0 Å². The van der Waals surface area contributed by atoms with Crippen LogP contribution < -0.4 is 0 Å². The van der Waals surface area contributed by atoms with Gasteiger partial charge in [-0.15, -0.1) is 11.3 Å².